The summed E-state index contributed by atoms with van der Waals surface area (Å²) in [6, 6.07) is 18.2. The third kappa shape index (κ3) is 4.07. The molecule has 2 aliphatic rings. The van der Waals surface area contributed by atoms with Gasteiger partial charge in [0.15, 0.2) is 0 Å². The van der Waals surface area contributed by atoms with Crippen molar-refractivity contribution in [2.24, 2.45) is 0 Å². The minimum atomic E-state index is -0.514. The maximum atomic E-state index is 13.5. The van der Waals surface area contributed by atoms with Crippen molar-refractivity contribution in [3.8, 4) is 6.07 Å². The predicted octanol–water partition coefficient (Wildman–Crippen LogP) is 3.94. The lowest BCUT2D eigenvalue weighted by Crippen LogP contribution is -2.57. The van der Waals surface area contributed by atoms with Gasteiger partial charge in [-0.1, -0.05) is 30.5 Å². The Bertz CT molecular complexity index is 884. The molecule has 1 aliphatic carbocycles. The summed E-state index contributed by atoms with van der Waals surface area (Å²) in [5.41, 5.74) is 3.53. The molecule has 1 saturated carbocycles. The van der Waals surface area contributed by atoms with E-state index in [4.69, 9.17) is 5.26 Å². The molecule has 2 fully saturated rings. The van der Waals surface area contributed by atoms with Gasteiger partial charge in [-0.3, -0.25) is 4.79 Å². The molecule has 0 atom stereocenters. The molecule has 150 valence electrons. The Balaban J connectivity index is 1.43. The number of aryl methyl sites for hydroxylation is 1. The van der Waals surface area contributed by atoms with Gasteiger partial charge in [0.05, 0.1) is 11.6 Å². The molecular weight excluding hydrogens is 360 g/mol. The first kappa shape index (κ1) is 19.3. The zero-order chi connectivity index (χ0) is 20.3. The summed E-state index contributed by atoms with van der Waals surface area (Å²) >= 11 is 0. The third-order valence-electron chi connectivity index (χ3n) is 6.23. The number of rotatable bonds is 4. The summed E-state index contributed by atoms with van der Waals surface area (Å²) in [4.78, 5) is 17.9. The summed E-state index contributed by atoms with van der Waals surface area (Å²) in [6.45, 7) is 5.33. The number of carbonyl (C=O) groups excluding carboxylic acids is 1. The molecule has 5 heteroatoms. The number of amides is 1. The Labute approximate surface area is 172 Å². The van der Waals surface area contributed by atoms with E-state index in [2.05, 4.69) is 47.5 Å². The average Bonchev–Trinajstić information content (AvgIpc) is 3.24. The van der Waals surface area contributed by atoms with E-state index in [0.717, 1.165) is 57.5 Å². The minimum Gasteiger partial charge on any atom is -0.371 e. The molecular formula is C24H28N4O. The van der Waals surface area contributed by atoms with E-state index < -0.39 is 5.54 Å². The molecule has 5 nitrogen and oxygen atoms in total. The molecule has 4 rings (SSSR count). The second-order valence-electron chi connectivity index (χ2n) is 8.22. The zero-order valence-corrected chi connectivity index (χ0v) is 17.0. The van der Waals surface area contributed by atoms with E-state index in [9.17, 15) is 4.79 Å². The Morgan fingerprint density at radius 1 is 0.966 bits per heavy atom. The molecule has 0 aromatic heterocycles. The van der Waals surface area contributed by atoms with Gasteiger partial charge >= 0.3 is 0 Å². The number of nitrogens with zero attached hydrogens (tertiary/aromatic N) is 3. The van der Waals surface area contributed by atoms with Crippen molar-refractivity contribution in [1.82, 2.24) is 4.90 Å². The van der Waals surface area contributed by atoms with Gasteiger partial charge < -0.3 is 15.1 Å². The fourth-order valence-corrected chi connectivity index (χ4v) is 4.50. The summed E-state index contributed by atoms with van der Waals surface area (Å²) in [6.07, 6.45) is 3.87. The summed E-state index contributed by atoms with van der Waals surface area (Å²) in [5.74, 6) is 0.225. The molecule has 0 bridgehead atoms. The van der Waals surface area contributed by atoms with Crippen LogP contribution in [0.1, 0.15) is 36.8 Å². The Hall–Kier alpha value is -3.00. The first-order valence-electron chi connectivity index (χ1n) is 10.5. The number of piperazine rings is 1. The Kier molecular flexibility index (Phi) is 5.44. The lowest BCUT2D eigenvalue weighted by Gasteiger charge is -2.41. The van der Waals surface area contributed by atoms with E-state index >= 15 is 0 Å². The van der Waals surface area contributed by atoms with Crippen LogP contribution in [0.15, 0.2) is 48.5 Å². The first-order valence-corrected chi connectivity index (χ1v) is 10.5. The summed E-state index contributed by atoms with van der Waals surface area (Å²) < 4.78 is 0. The monoisotopic (exact) mass is 388 g/mol. The standard InChI is InChI=1S/C24H28N4O/c1-19-4-10-22(11-5-19)27-14-16-28(17-15-27)23(29)24(12-2-3-13-24)26-21-8-6-20(18-25)7-9-21/h4-11,26H,2-3,12-17H2,1H3. The van der Waals surface area contributed by atoms with Gasteiger partial charge in [0.1, 0.15) is 5.54 Å². The van der Waals surface area contributed by atoms with Gasteiger partial charge in [-0.05, 0) is 56.2 Å². The maximum Gasteiger partial charge on any atom is 0.248 e. The molecule has 2 aromatic rings. The number of anilines is 2. The average molecular weight is 389 g/mol. The smallest absolute Gasteiger partial charge is 0.248 e. The first-order chi connectivity index (χ1) is 14.1. The van der Waals surface area contributed by atoms with Crippen LogP contribution >= 0.6 is 0 Å². The van der Waals surface area contributed by atoms with Crippen molar-refractivity contribution in [2.45, 2.75) is 38.1 Å². The van der Waals surface area contributed by atoms with Crippen LogP contribution in [0.2, 0.25) is 0 Å². The van der Waals surface area contributed by atoms with Gasteiger partial charge in [-0.25, -0.2) is 0 Å². The Morgan fingerprint density at radius 2 is 1.59 bits per heavy atom. The van der Waals surface area contributed by atoms with Crippen molar-refractivity contribution < 1.29 is 4.79 Å². The van der Waals surface area contributed by atoms with Crippen LogP contribution in [0.5, 0.6) is 0 Å². The molecule has 0 unspecified atom stereocenters. The SMILES string of the molecule is Cc1ccc(N2CCN(C(=O)C3(Nc4ccc(C#N)cc4)CCCC3)CC2)cc1. The van der Waals surface area contributed by atoms with Crippen LogP contribution in [0.4, 0.5) is 11.4 Å². The van der Waals surface area contributed by atoms with Crippen LogP contribution in [0.3, 0.4) is 0 Å². The second-order valence-corrected chi connectivity index (χ2v) is 8.22. The number of nitriles is 1. The second kappa shape index (κ2) is 8.16. The minimum absolute atomic E-state index is 0.225. The molecule has 1 N–H and O–H groups in total. The van der Waals surface area contributed by atoms with Crippen molar-refractivity contribution >= 4 is 17.3 Å². The van der Waals surface area contributed by atoms with Crippen LogP contribution in [-0.2, 0) is 4.79 Å². The van der Waals surface area contributed by atoms with Gasteiger partial charge in [0.25, 0.3) is 0 Å². The number of benzene rings is 2. The van der Waals surface area contributed by atoms with Crippen molar-refractivity contribution in [1.29, 1.82) is 5.26 Å². The molecule has 1 amide bonds. The van der Waals surface area contributed by atoms with E-state index in [-0.39, 0.29) is 5.91 Å². The molecule has 2 aromatic carbocycles. The van der Waals surface area contributed by atoms with Crippen LogP contribution in [0.25, 0.3) is 0 Å². The van der Waals surface area contributed by atoms with Gasteiger partial charge in [0.2, 0.25) is 5.91 Å². The zero-order valence-electron chi connectivity index (χ0n) is 17.0. The van der Waals surface area contributed by atoms with Gasteiger partial charge in [-0.15, -0.1) is 0 Å². The van der Waals surface area contributed by atoms with Crippen LogP contribution < -0.4 is 10.2 Å². The molecule has 0 spiro atoms. The largest absolute Gasteiger partial charge is 0.371 e. The topological polar surface area (TPSA) is 59.4 Å². The fraction of sp³-hybridized carbons (Fsp3) is 0.417. The lowest BCUT2D eigenvalue weighted by atomic mass is 9.94. The molecule has 29 heavy (non-hydrogen) atoms. The highest BCUT2D eigenvalue weighted by Crippen LogP contribution is 2.35. The van der Waals surface area contributed by atoms with E-state index in [1.807, 2.05) is 17.0 Å². The number of carbonyl (C=O) groups is 1. The van der Waals surface area contributed by atoms with E-state index in [1.54, 1.807) is 12.1 Å². The summed E-state index contributed by atoms with van der Waals surface area (Å²) in [7, 11) is 0. The highest BCUT2D eigenvalue weighted by atomic mass is 16.2. The highest BCUT2D eigenvalue weighted by Gasteiger charge is 2.44. The van der Waals surface area contributed by atoms with Crippen molar-refractivity contribution in [2.75, 3.05) is 36.4 Å². The maximum absolute atomic E-state index is 13.5. The highest BCUT2D eigenvalue weighted by molar-refractivity contribution is 5.90. The van der Waals surface area contributed by atoms with Crippen LogP contribution in [-0.4, -0.2) is 42.5 Å². The van der Waals surface area contributed by atoms with Crippen molar-refractivity contribution in [3.63, 3.8) is 0 Å². The van der Waals surface area contributed by atoms with Crippen LogP contribution in [0, 0.1) is 18.3 Å². The van der Waals surface area contributed by atoms with Gasteiger partial charge in [-0.2, -0.15) is 5.26 Å². The van der Waals surface area contributed by atoms with E-state index in [1.165, 1.54) is 11.3 Å². The van der Waals surface area contributed by atoms with E-state index in [0.29, 0.717) is 5.56 Å². The van der Waals surface area contributed by atoms with Gasteiger partial charge in [0, 0.05) is 37.6 Å². The Morgan fingerprint density at radius 3 is 2.17 bits per heavy atom. The van der Waals surface area contributed by atoms with Crippen molar-refractivity contribution in [3.05, 3.63) is 59.7 Å². The normalized spacial score (nSPS) is 18.3. The fourth-order valence-electron chi connectivity index (χ4n) is 4.50. The number of nitrogens with one attached hydrogen (secondary N) is 1. The molecule has 1 saturated heterocycles. The summed E-state index contributed by atoms with van der Waals surface area (Å²) in [5, 5.41) is 12.5. The third-order valence-corrected chi connectivity index (χ3v) is 6.23. The molecule has 1 heterocycles. The number of hydrogen-bond donors (Lipinski definition) is 1. The molecule has 1 aliphatic heterocycles. The predicted molar refractivity (Wildman–Crippen MR) is 116 cm³/mol. The quantitative estimate of drug-likeness (QED) is 0.862. The number of hydrogen-bond acceptors (Lipinski definition) is 4. The lowest BCUT2D eigenvalue weighted by molar-refractivity contribution is -0.136. The molecule has 0 radical (unpaired) electrons.